The van der Waals surface area contributed by atoms with Gasteiger partial charge in [0.15, 0.2) is 0 Å². The first-order valence-corrected chi connectivity index (χ1v) is 10.5. The highest BCUT2D eigenvalue weighted by Gasteiger charge is 2.22. The molecule has 0 spiro atoms. The highest BCUT2D eigenvalue weighted by Crippen LogP contribution is 2.29. The molecule has 2 aromatic carbocycles. The Kier molecular flexibility index (Phi) is 8.29. The fourth-order valence-electron chi connectivity index (χ4n) is 3.77. The lowest BCUT2D eigenvalue weighted by Gasteiger charge is -2.27. The van der Waals surface area contributed by atoms with Gasteiger partial charge in [0, 0.05) is 5.69 Å². The SMILES string of the molecule is COc1cccc(-c2ccc(NC(=O)OCC3CCC(COCC(=O)O)CC3)cc2)c1. The van der Waals surface area contributed by atoms with Crippen LogP contribution in [0.2, 0.25) is 0 Å². The van der Waals surface area contributed by atoms with Crippen molar-refractivity contribution in [3.05, 3.63) is 48.5 Å². The van der Waals surface area contributed by atoms with E-state index in [0.717, 1.165) is 42.6 Å². The standard InChI is InChI=1S/C24H29NO6/c1-29-22-4-2-3-20(13-22)19-9-11-21(12-10-19)25-24(28)31-15-18-7-5-17(6-8-18)14-30-16-23(26)27/h2-4,9-13,17-18H,5-8,14-16H2,1H3,(H,25,28)(H,26,27). The Morgan fingerprint density at radius 2 is 1.65 bits per heavy atom. The van der Waals surface area contributed by atoms with Crippen LogP contribution in [-0.2, 0) is 14.3 Å². The number of hydrogen-bond donors (Lipinski definition) is 2. The summed E-state index contributed by atoms with van der Waals surface area (Å²) >= 11 is 0. The van der Waals surface area contributed by atoms with Crippen LogP contribution >= 0.6 is 0 Å². The summed E-state index contributed by atoms with van der Waals surface area (Å²) in [6.45, 7) is 0.617. The Morgan fingerprint density at radius 3 is 2.29 bits per heavy atom. The van der Waals surface area contributed by atoms with Crippen molar-refractivity contribution in [2.24, 2.45) is 11.8 Å². The lowest BCUT2D eigenvalue weighted by atomic mass is 9.83. The predicted octanol–water partition coefficient (Wildman–Crippen LogP) is 4.82. The summed E-state index contributed by atoms with van der Waals surface area (Å²) in [5, 5.41) is 11.4. The first-order chi connectivity index (χ1) is 15.0. The van der Waals surface area contributed by atoms with Crippen molar-refractivity contribution < 1.29 is 28.9 Å². The predicted molar refractivity (Wildman–Crippen MR) is 117 cm³/mol. The number of nitrogens with one attached hydrogen (secondary N) is 1. The Balaban J connectivity index is 1.39. The molecule has 2 N–H and O–H groups in total. The van der Waals surface area contributed by atoms with E-state index in [1.165, 1.54) is 0 Å². The molecule has 0 heterocycles. The number of ether oxygens (including phenoxy) is 3. The number of carboxylic acids is 1. The van der Waals surface area contributed by atoms with Gasteiger partial charge >= 0.3 is 12.1 Å². The lowest BCUT2D eigenvalue weighted by Crippen LogP contribution is -2.25. The maximum absolute atomic E-state index is 12.1. The van der Waals surface area contributed by atoms with Crippen LogP contribution in [0.3, 0.4) is 0 Å². The third kappa shape index (κ3) is 7.29. The molecule has 166 valence electrons. The third-order valence-electron chi connectivity index (χ3n) is 5.53. The number of aliphatic carboxylic acids is 1. The quantitative estimate of drug-likeness (QED) is 0.596. The number of amides is 1. The monoisotopic (exact) mass is 427 g/mol. The molecule has 1 saturated carbocycles. The number of carboxylic acid groups (broad SMARTS) is 1. The topological polar surface area (TPSA) is 94.1 Å². The molecule has 1 fully saturated rings. The Hall–Kier alpha value is -3.06. The van der Waals surface area contributed by atoms with Crippen molar-refractivity contribution >= 4 is 17.7 Å². The van der Waals surface area contributed by atoms with Gasteiger partial charge in [0.1, 0.15) is 12.4 Å². The summed E-state index contributed by atoms with van der Waals surface area (Å²) in [5.74, 6) is 0.567. The number of carbonyl (C=O) groups is 2. The molecular weight excluding hydrogens is 398 g/mol. The Bertz CT molecular complexity index is 859. The van der Waals surface area contributed by atoms with Crippen LogP contribution < -0.4 is 10.1 Å². The molecule has 1 aliphatic carbocycles. The second kappa shape index (κ2) is 11.4. The van der Waals surface area contributed by atoms with E-state index in [0.29, 0.717) is 30.7 Å². The number of methoxy groups -OCH3 is 1. The Labute approximate surface area is 182 Å². The molecule has 7 heteroatoms. The second-order valence-corrected chi connectivity index (χ2v) is 7.83. The van der Waals surface area contributed by atoms with Crippen molar-refractivity contribution in [2.75, 3.05) is 32.2 Å². The van der Waals surface area contributed by atoms with Crippen LogP contribution in [0, 0.1) is 11.8 Å². The molecule has 7 nitrogen and oxygen atoms in total. The summed E-state index contributed by atoms with van der Waals surface area (Å²) in [6.07, 6.45) is 3.36. The number of anilines is 1. The average molecular weight is 427 g/mol. The summed E-state index contributed by atoms with van der Waals surface area (Å²) in [6, 6.07) is 15.4. The van der Waals surface area contributed by atoms with E-state index in [-0.39, 0.29) is 6.61 Å². The molecule has 1 aliphatic rings. The first kappa shape index (κ1) is 22.6. The molecule has 1 amide bonds. The van der Waals surface area contributed by atoms with Gasteiger partial charge in [-0.2, -0.15) is 0 Å². The van der Waals surface area contributed by atoms with Gasteiger partial charge in [0.2, 0.25) is 0 Å². The minimum Gasteiger partial charge on any atom is -0.497 e. The summed E-state index contributed by atoms with van der Waals surface area (Å²) in [4.78, 5) is 22.6. The van der Waals surface area contributed by atoms with Crippen LogP contribution in [0.5, 0.6) is 5.75 Å². The summed E-state index contributed by atoms with van der Waals surface area (Å²) in [7, 11) is 1.64. The molecule has 0 aromatic heterocycles. The molecule has 0 aliphatic heterocycles. The fourth-order valence-corrected chi connectivity index (χ4v) is 3.77. The molecule has 31 heavy (non-hydrogen) atoms. The van der Waals surface area contributed by atoms with Crippen molar-refractivity contribution in [2.45, 2.75) is 25.7 Å². The maximum Gasteiger partial charge on any atom is 0.411 e. The largest absolute Gasteiger partial charge is 0.497 e. The maximum atomic E-state index is 12.1. The number of rotatable bonds is 9. The van der Waals surface area contributed by atoms with E-state index in [2.05, 4.69) is 5.32 Å². The van der Waals surface area contributed by atoms with Gasteiger partial charge in [-0.25, -0.2) is 9.59 Å². The van der Waals surface area contributed by atoms with Gasteiger partial charge in [-0.15, -0.1) is 0 Å². The van der Waals surface area contributed by atoms with Crippen LogP contribution in [0.25, 0.3) is 11.1 Å². The lowest BCUT2D eigenvalue weighted by molar-refractivity contribution is -0.142. The molecular formula is C24H29NO6. The van der Waals surface area contributed by atoms with E-state index in [1.54, 1.807) is 7.11 Å². The molecule has 0 unspecified atom stereocenters. The van der Waals surface area contributed by atoms with Crippen LogP contribution in [-0.4, -0.2) is 44.1 Å². The van der Waals surface area contributed by atoms with E-state index >= 15 is 0 Å². The Morgan fingerprint density at radius 1 is 0.968 bits per heavy atom. The smallest absolute Gasteiger partial charge is 0.411 e. The van der Waals surface area contributed by atoms with Crippen molar-refractivity contribution in [1.29, 1.82) is 0 Å². The van der Waals surface area contributed by atoms with Gasteiger partial charge in [-0.05, 0) is 72.9 Å². The molecule has 0 bridgehead atoms. The van der Waals surface area contributed by atoms with E-state index < -0.39 is 12.1 Å². The zero-order chi connectivity index (χ0) is 22.1. The van der Waals surface area contributed by atoms with Crippen LogP contribution in [0.1, 0.15) is 25.7 Å². The minimum absolute atomic E-state index is 0.246. The molecule has 3 rings (SSSR count). The molecule has 0 saturated heterocycles. The van der Waals surface area contributed by atoms with Crippen molar-refractivity contribution in [3.63, 3.8) is 0 Å². The number of benzene rings is 2. The van der Waals surface area contributed by atoms with Gasteiger partial charge in [-0.1, -0.05) is 24.3 Å². The third-order valence-corrected chi connectivity index (χ3v) is 5.53. The highest BCUT2D eigenvalue weighted by atomic mass is 16.5. The van der Waals surface area contributed by atoms with Crippen molar-refractivity contribution in [1.82, 2.24) is 0 Å². The molecule has 2 aromatic rings. The minimum atomic E-state index is -0.942. The van der Waals surface area contributed by atoms with Crippen molar-refractivity contribution in [3.8, 4) is 16.9 Å². The van der Waals surface area contributed by atoms with Gasteiger partial charge in [-0.3, -0.25) is 5.32 Å². The second-order valence-electron chi connectivity index (χ2n) is 7.83. The molecule has 0 atom stereocenters. The highest BCUT2D eigenvalue weighted by molar-refractivity contribution is 5.85. The zero-order valence-electron chi connectivity index (χ0n) is 17.7. The van der Waals surface area contributed by atoms with E-state index in [1.807, 2.05) is 48.5 Å². The van der Waals surface area contributed by atoms with E-state index in [9.17, 15) is 9.59 Å². The van der Waals surface area contributed by atoms with Crippen LogP contribution in [0.4, 0.5) is 10.5 Å². The number of hydrogen-bond acceptors (Lipinski definition) is 5. The van der Waals surface area contributed by atoms with Gasteiger partial charge < -0.3 is 19.3 Å². The molecule has 0 radical (unpaired) electrons. The first-order valence-electron chi connectivity index (χ1n) is 10.5. The van der Waals surface area contributed by atoms with Crippen LogP contribution in [0.15, 0.2) is 48.5 Å². The number of carbonyl (C=O) groups excluding carboxylic acids is 1. The van der Waals surface area contributed by atoms with Gasteiger partial charge in [0.05, 0.1) is 20.3 Å². The fraction of sp³-hybridized carbons (Fsp3) is 0.417. The average Bonchev–Trinajstić information content (AvgIpc) is 2.79. The van der Waals surface area contributed by atoms with E-state index in [4.69, 9.17) is 19.3 Å². The summed E-state index contributed by atoms with van der Waals surface area (Å²) in [5.41, 5.74) is 2.75. The zero-order valence-corrected chi connectivity index (χ0v) is 17.7. The summed E-state index contributed by atoms with van der Waals surface area (Å²) < 4.78 is 15.8. The van der Waals surface area contributed by atoms with Gasteiger partial charge in [0.25, 0.3) is 0 Å². The normalized spacial score (nSPS) is 18.2.